The van der Waals surface area contributed by atoms with E-state index >= 15 is 0 Å². The van der Waals surface area contributed by atoms with Crippen molar-refractivity contribution >= 4 is 23.6 Å². The second-order valence-electron chi connectivity index (χ2n) is 3.90. The largest absolute Gasteiger partial charge is 0.480 e. The summed E-state index contributed by atoms with van der Waals surface area (Å²) in [4.78, 5) is 22.7. The van der Waals surface area contributed by atoms with Gasteiger partial charge < -0.3 is 10.4 Å². The van der Waals surface area contributed by atoms with Crippen molar-refractivity contribution in [1.82, 2.24) is 5.32 Å². The molecule has 0 saturated heterocycles. The topological polar surface area (TPSA) is 66.4 Å². The average Bonchev–Trinajstić information content (AvgIpc) is 2.38. The number of carbonyl (C=O) groups is 2. The summed E-state index contributed by atoms with van der Waals surface area (Å²) in [5.41, 5.74) is 0. The fourth-order valence-electron chi connectivity index (χ4n) is 1.42. The van der Waals surface area contributed by atoms with Gasteiger partial charge in [0, 0.05) is 17.1 Å². The number of hydrogen-bond acceptors (Lipinski definition) is 3. The number of rotatable bonds is 7. The van der Waals surface area contributed by atoms with E-state index in [2.05, 4.69) is 5.32 Å². The molecule has 1 aromatic carbocycles. The van der Waals surface area contributed by atoms with Crippen molar-refractivity contribution in [2.75, 3.05) is 5.75 Å². The fraction of sp³-hybridized carbons (Fsp3) is 0.385. The molecule has 2 N–H and O–H groups in total. The fourth-order valence-corrected chi connectivity index (χ4v) is 2.31. The molecule has 0 aromatic heterocycles. The number of aliphatic carboxylic acids is 1. The highest BCUT2D eigenvalue weighted by molar-refractivity contribution is 7.99. The van der Waals surface area contributed by atoms with E-state index in [0.717, 1.165) is 0 Å². The molecule has 1 unspecified atom stereocenters. The Morgan fingerprint density at radius 1 is 1.42 bits per heavy atom. The molecular formula is C13H16FNO3S. The van der Waals surface area contributed by atoms with E-state index in [1.165, 1.54) is 17.8 Å². The second-order valence-corrected chi connectivity index (χ2v) is 5.03. The molecule has 0 radical (unpaired) electrons. The number of nitrogens with one attached hydrogen (secondary N) is 1. The van der Waals surface area contributed by atoms with E-state index in [4.69, 9.17) is 5.11 Å². The zero-order valence-electron chi connectivity index (χ0n) is 10.6. The molecule has 0 heterocycles. The summed E-state index contributed by atoms with van der Waals surface area (Å²) < 4.78 is 13.3. The van der Waals surface area contributed by atoms with Gasteiger partial charge in [-0.05, 0) is 18.6 Å². The van der Waals surface area contributed by atoms with Crippen LogP contribution in [0, 0.1) is 5.82 Å². The summed E-state index contributed by atoms with van der Waals surface area (Å²) in [6.45, 7) is 1.69. The third-order valence-corrected chi connectivity index (χ3v) is 3.52. The maximum absolute atomic E-state index is 13.3. The minimum absolute atomic E-state index is 0.156. The summed E-state index contributed by atoms with van der Waals surface area (Å²) in [6, 6.07) is 5.48. The minimum Gasteiger partial charge on any atom is -0.480 e. The lowest BCUT2D eigenvalue weighted by Gasteiger charge is -2.11. The lowest BCUT2D eigenvalue weighted by molar-refractivity contribution is -0.141. The van der Waals surface area contributed by atoms with Gasteiger partial charge in [-0.2, -0.15) is 0 Å². The highest BCUT2D eigenvalue weighted by Gasteiger charge is 2.17. The van der Waals surface area contributed by atoms with Gasteiger partial charge in [0.2, 0.25) is 5.91 Å². The van der Waals surface area contributed by atoms with Crippen molar-refractivity contribution in [1.29, 1.82) is 0 Å². The van der Waals surface area contributed by atoms with Crippen molar-refractivity contribution < 1.29 is 19.1 Å². The molecule has 0 aliphatic rings. The van der Waals surface area contributed by atoms with Crippen LogP contribution in [-0.4, -0.2) is 28.8 Å². The van der Waals surface area contributed by atoms with Crippen LogP contribution in [0.2, 0.25) is 0 Å². The van der Waals surface area contributed by atoms with Gasteiger partial charge in [0.25, 0.3) is 0 Å². The predicted molar refractivity (Wildman–Crippen MR) is 71.6 cm³/mol. The van der Waals surface area contributed by atoms with Gasteiger partial charge in [0.15, 0.2) is 0 Å². The molecule has 0 aliphatic heterocycles. The number of halogens is 1. The summed E-state index contributed by atoms with van der Waals surface area (Å²) in [6.07, 6.45) is 0.490. The third kappa shape index (κ3) is 5.30. The van der Waals surface area contributed by atoms with Gasteiger partial charge in [-0.25, -0.2) is 9.18 Å². The molecule has 1 aromatic rings. The quantitative estimate of drug-likeness (QED) is 0.754. The normalized spacial score (nSPS) is 11.9. The Hall–Kier alpha value is -1.56. The van der Waals surface area contributed by atoms with E-state index in [9.17, 15) is 14.0 Å². The van der Waals surface area contributed by atoms with Gasteiger partial charge in [0.1, 0.15) is 11.9 Å². The molecule has 0 aliphatic carbocycles. The highest BCUT2D eigenvalue weighted by atomic mass is 32.2. The Morgan fingerprint density at radius 3 is 2.68 bits per heavy atom. The first-order valence-electron chi connectivity index (χ1n) is 5.94. The number of thioether (sulfide) groups is 1. The van der Waals surface area contributed by atoms with Gasteiger partial charge in [0.05, 0.1) is 0 Å². The minimum atomic E-state index is -1.04. The molecule has 0 fully saturated rings. The predicted octanol–water partition coefficient (Wildman–Crippen LogP) is 2.29. The van der Waals surface area contributed by atoms with Gasteiger partial charge in [-0.3, -0.25) is 4.79 Å². The Labute approximate surface area is 115 Å². The number of hydrogen-bond donors (Lipinski definition) is 2. The van der Waals surface area contributed by atoms with Crippen LogP contribution < -0.4 is 5.32 Å². The Morgan fingerprint density at radius 2 is 2.11 bits per heavy atom. The van der Waals surface area contributed by atoms with E-state index in [1.807, 2.05) is 0 Å². The molecule has 0 bridgehead atoms. The number of carboxylic acid groups (broad SMARTS) is 1. The van der Waals surface area contributed by atoms with Crippen LogP contribution in [0.4, 0.5) is 4.39 Å². The van der Waals surface area contributed by atoms with Crippen molar-refractivity contribution in [3.63, 3.8) is 0 Å². The smallest absolute Gasteiger partial charge is 0.326 e. The van der Waals surface area contributed by atoms with E-state index in [0.29, 0.717) is 17.1 Å². The molecule has 1 atom stereocenters. The molecule has 0 saturated carbocycles. The van der Waals surface area contributed by atoms with Crippen molar-refractivity contribution in [2.24, 2.45) is 0 Å². The van der Waals surface area contributed by atoms with E-state index in [1.54, 1.807) is 25.1 Å². The maximum atomic E-state index is 13.3. The molecule has 1 amide bonds. The van der Waals surface area contributed by atoms with Crippen molar-refractivity contribution in [3.05, 3.63) is 30.1 Å². The third-order valence-electron chi connectivity index (χ3n) is 2.46. The lowest BCUT2D eigenvalue weighted by Crippen LogP contribution is -2.40. The van der Waals surface area contributed by atoms with Crippen LogP contribution in [0.1, 0.15) is 19.8 Å². The summed E-state index contributed by atoms with van der Waals surface area (Å²) in [5.74, 6) is -1.29. The van der Waals surface area contributed by atoms with Gasteiger partial charge in [-0.15, -0.1) is 11.8 Å². The zero-order valence-corrected chi connectivity index (χ0v) is 11.4. The van der Waals surface area contributed by atoms with Crippen molar-refractivity contribution in [3.8, 4) is 0 Å². The highest BCUT2D eigenvalue weighted by Crippen LogP contribution is 2.21. The van der Waals surface area contributed by atoms with Crippen LogP contribution in [0.15, 0.2) is 29.2 Å². The van der Waals surface area contributed by atoms with Crippen LogP contribution in [0.5, 0.6) is 0 Å². The van der Waals surface area contributed by atoms with Gasteiger partial charge >= 0.3 is 5.97 Å². The summed E-state index contributed by atoms with van der Waals surface area (Å²) >= 11 is 1.24. The SMILES string of the molecule is CCC(NC(=O)CCSc1ccccc1F)C(=O)O. The molecule has 6 heteroatoms. The monoisotopic (exact) mass is 285 g/mol. The number of carboxylic acids is 1. The maximum Gasteiger partial charge on any atom is 0.326 e. The van der Waals surface area contributed by atoms with E-state index < -0.39 is 12.0 Å². The Balaban J connectivity index is 2.35. The molecule has 4 nitrogen and oxygen atoms in total. The van der Waals surface area contributed by atoms with Gasteiger partial charge in [-0.1, -0.05) is 19.1 Å². The zero-order chi connectivity index (χ0) is 14.3. The molecule has 104 valence electrons. The Bertz CT molecular complexity index is 453. The van der Waals surface area contributed by atoms with Crippen LogP contribution in [-0.2, 0) is 9.59 Å². The number of amides is 1. The van der Waals surface area contributed by atoms with Crippen LogP contribution >= 0.6 is 11.8 Å². The van der Waals surface area contributed by atoms with Crippen LogP contribution in [0.25, 0.3) is 0 Å². The second kappa shape index (κ2) is 7.78. The molecular weight excluding hydrogens is 269 g/mol. The Kier molecular flexibility index (Phi) is 6.35. The summed E-state index contributed by atoms with van der Waals surface area (Å²) in [7, 11) is 0. The van der Waals surface area contributed by atoms with E-state index in [-0.39, 0.29) is 18.1 Å². The van der Waals surface area contributed by atoms with Crippen molar-refractivity contribution in [2.45, 2.75) is 30.7 Å². The standard InChI is InChI=1S/C13H16FNO3S/c1-2-10(13(17)18)15-12(16)7-8-19-11-6-4-3-5-9(11)14/h3-6,10H,2,7-8H2,1H3,(H,15,16)(H,17,18). The van der Waals surface area contributed by atoms with Crippen LogP contribution in [0.3, 0.4) is 0 Å². The number of benzene rings is 1. The molecule has 1 rings (SSSR count). The average molecular weight is 285 g/mol. The molecule has 0 spiro atoms. The summed E-state index contributed by atoms with van der Waals surface area (Å²) in [5, 5.41) is 11.2. The first-order chi connectivity index (χ1) is 9.04. The number of carbonyl (C=O) groups excluding carboxylic acids is 1. The first kappa shape index (κ1) is 15.5. The lowest BCUT2D eigenvalue weighted by atomic mass is 10.2. The first-order valence-corrected chi connectivity index (χ1v) is 6.92. The molecule has 19 heavy (non-hydrogen) atoms.